The monoisotopic (exact) mass is 354 g/mol. The average Bonchev–Trinajstić information content (AvgIpc) is 2.69. The fraction of sp³-hybridized carbons (Fsp3) is 0.647. The Balaban J connectivity index is 2.43. The first-order chi connectivity index (χ1) is 10.2. The maximum absolute atomic E-state index is 5.65. The molecule has 1 heterocycles. The lowest BCUT2D eigenvalue weighted by Crippen LogP contribution is -2.36. The second-order valence-corrected chi connectivity index (χ2v) is 6.69. The van der Waals surface area contributed by atoms with Crippen molar-refractivity contribution in [3.63, 3.8) is 0 Å². The molecule has 0 aromatic heterocycles. The number of nitrogens with one attached hydrogen (secondary N) is 1. The minimum absolute atomic E-state index is 0.428. The van der Waals surface area contributed by atoms with E-state index >= 15 is 0 Å². The van der Waals surface area contributed by atoms with Crippen molar-refractivity contribution < 1.29 is 4.74 Å². The molecule has 0 radical (unpaired) electrons. The number of likely N-dealkylation sites (tertiary alicyclic amines) is 1. The van der Waals surface area contributed by atoms with Gasteiger partial charge in [0, 0.05) is 16.1 Å². The Bertz CT molecular complexity index is 452. The van der Waals surface area contributed by atoms with Crippen LogP contribution in [0.3, 0.4) is 0 Å². The summed E-state index contributed by atoms with van der Waals surface area (Å²) in [6.07, 6.45) is 3.88. The topological polar surface area (TPSA) is 24.5 Å². The molecule has 2 atom stereocenters. The minimum atomic E-state index is 0.428. The van der Waals surface area contributed by atoms with E-state index < -0.39 is 0 Å². The molecule has 0 spiro atoms. The van der Waals surface area contributed by atoms with Crippen LogP contribution in [0.25, 0.3) is 0 Å². The fourth-order valence-electron chi connectivity index (χ4n) is 3.53. The van der Waals surface area contributed by atoms with Gasteiger partial charge in [0.1, 0.15) is 5.75 Å². The normalized spacial score (nSPS) is 23.8. The SMILES string of the molecule is CCN1CCCCC(CNC)C1c1cc(Br)ccc1OC. The summed E-state index contributed by atoms with van der Waals surface area (Å²) < 4.78 is 6.77. The Morgan fingerprint density at radius 3 is 2.86 bits per heavy atom. The standard InChI is InChI=1S/C17H27BrN2O/c1-4-20-10-6-5-7-13(12-19-2)17(20)15-11-14(18)8-9-16(15)21-3/h8-9,11,13,17,19H,4-7,10,12H2,1-3H3. The van der Waals surface area contributed by atoms with Crippen LogP contribution in [0.5, 0.6) is 5.75 Å². The Morgan fingerprint density at radius 1 is 1.38 bits per heavy atom. The van der Waals surface area contributed by atoms with Crippen molar-refractivity contribution >= 4 is 15.9 Å². The van der Waals surface area contributed by atoms with Gasteiger partial charge in [-0.1, -0.05) is 29.3 Å². The quantitative estimate of drug-likeness (QED) is 0.869. The van der Waals surface area contributed by atoms with Crippen LogP contribution in [0, 0.1) is 5.92 Å². The molecule has 1 aliphatic heterocycles. The summed E-state index contributed by atoms with van der Waals surface area (Å²) in [7, 11) is 3.82. The Kier molecular flexibility index (Phi) is 6.52. The number of rotatable bonds is 5. The largest absolute Gasteiger partial charge is 0.496 e. The maximum Gasteiger partial charge on any atom is 0.123 e. The highest BCUT2D eigenvalue weighted by molar-refractivity contribution is 9.10. The predicted octanol–water partition coefficient (Wildman–Crippen LogP) is 3.84. The molecule has 2 unspecified atom stereocenters. The van der Waals surface area contributed by atoms with Crippen molar-refractivity contribution in [1.82, 2.24) is 10.2 Å². The number of methoxy groups -OCH3 is 1. The fourth-order valence-corrected chi connectivity index (χ4v) is 3.91. The van der Waals surface area contributed by atoms with Crippen molar-refractivity contribution in [2.24, 2.45) is 5.92 Å². The number of nitrogens with zero attached hydrogens (tertiary/aromatic N) is 1. The van der Waals surface area contributed by atoms with Gasteiger partial charge >= 0.3 is 0 Å². The molecule has 1 saturated heterocycles. The first kappa shape index (κ1) is 16.8. The molecule has 1 aromatic carbocycles. The third-order valence-corrected chi connectivity index (χ3v) is 4.99. The van der Waals surface area contributed by atoms with Gasteiger partial charge in [0.25, 0.3) is 0 Å². The summed E-state index contributed by atoms with van der Waals surface area (Å²) in [5.41, 5.74) is 1.32. The Morgan fingerprint density at radius 2 is 2.19 bits per heavy atom. The molecule has 4 heteroatoms. The second kappa shape index (κ2) is 8.16. The van der Waals surface area contributed by atoms with Gasteiger partial charge in [-0.2, -0.15) is 0 Å². The number of halogens is 1. The molecule has 0 saturated carbocycles. The molecule has 1 N–H and O–H groups in total. The van der Waals surface area contributed by atoms with Crippen molar-refractivity contribution in [3.05, 3.63) is 28.2 Å². The van der Waals surface area contributed by atoms with Gasteiger partial charge < -0.3 is 10.1 Å². The highest BCUT2D eigenvalue weighted by atomic mass is 79.9. The summed E-state index contributed by atoms with van der Waals surface area (Å²) in [5.74, 6) is 1.63. The van der Waals surface area contributed by atoms with Gasteiger partial charge in [-0.25, -0.2) is 0 Å². The van der Waals surface area contributed by atoms with Crippen molar-refractivity contribution in [3.8, 4) is 5.75 Å². The number of hydrogen-bond donors (Lipinski definition) is 1. The first-order valence-corrected chi connectivity index (χ1v) is 8.72. The van der Waals surface area contributed by atoms with E-state index in [-0.39, 0.29) is 0 Å². The van der Waals surface area contributed by atoms with E-state index in [2.05, 4.69) is 58.3 Å². The summed E-state index contributed by atoms with van der Waals surface area (Å²) >= 11 is 3.62. The van der Waals surface area contributed by atoms with E-state index in [0.717, 1.165) is 23.3 Å². The van der Waals surface area contributed by atoms with Gasteiger partial charge in [0.15, 0.2) is 0 Å². The van der Waals surface area contributed by atoms with Crippen LogP contribution in [0.4, 0.5) is 0 Å². The first-order valence-electron chi connectivity index (χ1n) is 7.93. The molecule has 1 fully saturated rings. The van der Waals surface area contributed by atoms with Crippen LogP contribution >= 0.6 is 15.9 Å². The van der Waals surface area contributed by atoms with E-state index in [1.807, 2.05) is 0 Å². The molecule has 0 aliphatic carbocycles. The van der Waals surface area contributed by atoms with E-state index in [9.17, 15) is 0 Å². The van der Waals surface area contributed by atoms with E-state index in [4.69, 9.17) is 4.74 Å². The van der Waals surface area contributed by atoms with E-state index in [1.54, 1.807) is 7.11 Å². The third-order valence-electron chi connectivity index (χ3n) is 4.49. The van der Waals surface area contributed by atoms with Crippen molar-refractivity contribution in [1.29, 1.82) is 0 Å². The van der Waals surface area contributed by atoms with Gasteiger partial charge in [0.2, 0.25) is 0 Å². The van der Waals surface area contributed by atoms with Crippen molar-refractivity contribution in [2.45, 2.75) is 32.2 Å². The van der Waals surface area contributed by atoms with Gasteiger partial charge in [-0.15, -0.1) is 0 Å². The molecule has 118 valence electrons. The second-order valence-electron chi connectivity index (χ2n) is 5.77. The van der Waals surface area contributed by atoms with Crippen molar-refractivity contribution in [2.75, 3.05) is 33.8 Å². The Hall–Kier alpha value is -0.580. The molecule has 2 rings (SSSR count). The molecule has 0 bridgehead atoms. The third kappa shape index (κ3) is 3.99. The molecule has 1 aliphatic rings. The summed E-state index contributed by atoms with van der Waals surface area (Å²) in [4.78, 5) is 2.61. The summed E-state index contributed by atoms with van der Waals surface area (Å²) in [5, 5.41) is 3.38. The zero-order chi connectivity index (χ0) is 15.2. The highest BCUT2D eigenvalue weighted by Gasteiger charge is 2.31. The predicted molar refractivity (Wildman–Crippen MR) is 91.9 cm³/mol. The van der Waals surface area contributed by atoms with Gasteiger partial charge in [-0.05, 0) is 63.6 Å². The number of hydrogen-bond acceptors (Lipinski definition) is 3. The molecular formula is C17H27BrN2O. The average molecular weight is 355 g/mol. The lowest BCUT2D eigenvalue weighted by molar-refractivity contribution is 0.159. The lowest BCUT2D eigenvalue weighted by Gasteiger charge is -2.35. The minimum Gasteiger partial charge on any atom is -0.496 e. The van der Waals surface area contributed by atoms with Crippen LogP contribution in [-0.2, 0) is 0 Å². The zero-order valence-corrected chi connectivity index (χ0v) is 14.9. The lowest BCUT2D eigenvalue weighted by atomic mass is 9.88. The van der Waals surface area contributed by atoms with Crippen LogP contribution in [0.2, 0.25) is 0 Å². The van der Waals surface area contributed by atoms with Crippen LogP contribution in [0.1, 0.15) is 37.8 Å². The Labute approximate surface area is 137 Å². The number of ether oxygens (including phenoxy) is 1. The number of benzene rings is 1. The van der Waals surface area contributed by atoms with E-state index in [0.29, 0.717) is 12.0 Å². The molecular weight excluding hydrogens is 328 g/mol. The van der Waals surface area contributed by atoms with Crippen LogP contribution in [0.15, 0.2) is 22.7 Å². The summed E-state index contributed by atoms with van der Waals surface area (Å²) in [6, 6.07) is 6.80. The molecule has 0 amide bonds. The smallest absolute Gasteiger partial charge is 0.123 e. The molecule has 3 nitrogen and oxygen atoms in total. The highest BCUT2D eigenvalue weighted by Crippen LogP contribution is 2.40. The van der Waals surface area contributed by atoms with Crippen LogP contribution in [-0.4, -0.2) is 38.7 Å². The van der Waals surface area contributed by atoms with Gasteiger partial charge in [0.05, 0.1) is 7.11 Å². The molecule has 1 aromatic rings. The zero-order valence-electron chi connectivity index (χ0n) is 13.4. The maximum atomic E-state index is 5.65. The van der Waals surface area contributed by atoms with Crippen LogP contribution < -0.4 is 10.1 Å². The van der Waals surface area contributed by atoms with E-state index in [1.165, 1.54) is 31.4 Å². The summed E-state index contributed by atoms with van der Waals surface area (Å²) in [6.45, 7) is 5.58. The molecule has 21 heavy (non-hydrogen) atoms. The van der Waals surface area contributed by atoms with Gasteiger partial charge in [-0.3, -0.25) is 4.90 Å².